The molecule has 0 spiro atoms. The molecule has 4 rings (SSSR count). The van der Waals surface area contributed by atoms with Gasteiger partial charge in [0.05, 0.1) is 12.8 Å². The molecule has 0 aliphatic carbocycles. The van der Waals surface area contributed by atoms with Crippen molar-refractivity contribution < 1.29 is 18.7 Å². The Balaban J connectivity index is 1.76. The second-order valence-electron chi connectivity index (χ2n) is 6.05. The van der Waals surface area contributed by atoms with Crippen LogP contribution in [0.15, 0.2) is 77.5 Å². The lowest BCUT2D eigenvalue weighted by molar-refractivity contribution is 0.101. The summed E-state index contributed by atoms with van der Waals surface area (Å²) in [5.41, 5.74) is 1.73. The van der Waals surface area contributed by atoms with Crippen LogP contribution in [0.1, 0.15) is 26.5 Å². The minimum atomic E-state index is -0.349. The normalized spacial score (nSPS) is 10.6. The minimum absolute atomic E-state index is 0.0776. The number of pyridine rings is 1. The third-order valence-corrected chi connectivity index (χ3v) is 4.33. The average Bonchev–Trinajstić information content (AvgIpc) is 3.12. The van der Waals surface area contributed by atoms with Crippen LogP contribution in [0.25, 0.3) is 11.0 Å². The Labute approximate surface area is 160 Å². The number of para-hydroxylation sites is 1. The highest BCUT2D eigenvalue weighted by atomic mass is 16.5. The first kappa shape index (κ1) is 17.5. The number of ketones is 1. The summed E-state index contributed by atoms with van der Waals surface area (Å²) in [6.07, 6.45) is 3.07. The molecule has 28 heavy (non-hydrogen) atoms. The molecular weight excluding hydrogens is 356 g/mol. The topological polar surface area (TPSA) is 81.4 Å². The molecule has 2 aromatic heterocycles. The maximum Gasteiger partial charge on any atom is 0.255 e. The second kappa shape index (κ2) is 7.36. The van der Waals surface area contributed by atoms with E-state index in [0.29, 0.717) is 33.5 Å². The van der Waals surface area contributed by atoms with Gasteiger partial charge in [-0.25, -0.2) is 0 Å². The summed E-state index contributed by atoms with van der Waals surface area (Å²) in [4.78, 5) is 29.6. The van der Waals surface area contributed by atoms with Gasteiger partial charge < -0.3 is 14.5 Å². The van der Waals surface area contributed by atoms with Crippen LogP contribution in [0.5, 0.6) is 5.75 Å². The molecule has 6 heteroatoms. The van der Waals surface area contributed by atoms with Crippen molar-refractivity contribution >= 4 is 28.3 Å². The van der Waals surface area contributed by atoms with E-state index in [-0.39, 0.29) is 17.5 Å². The first-order valence-corrected chi connectivity index (χ1v) is 8.59. The zero-order valence-corrected chi connectivity index (χ0v) is 15.0. The Kier molecular flexibility index (Phi) is 4.60. The fraction of sp³-hybridized carbons (Fsp3) is 0.0455. The number of carbonyl (C=O) groups excluding carboxylic acids is 2. The van der Waals surface area contributed by atoms with Crippen molar-refractivity contribution in [2.75, 3.05) is 12.4 Å². The lowest BCUT2D eigenvalue weighted by atomic mass is 10.1. The largest absolute Gasteiger partial charge is 0.497 e. The lowest BCUT2D eigenvalue weighted by Crippen LogP contribution is -2.14. The molecule has 0 saturated heterocycles. The molecular formula is C22H16N2O4. The minimum Gasteiger partial charge on any atom is -0.497 e. The van der Waals surface area contributed by atoms with Crippen molar-refractivity contribution in [2.24, 2.45) is 0 Å². The van der Waals surface area contributed by atoms with Crippen molar-refractivity contribution in [1.29, 1.82) is 0 Å². The van der Waals surface area contributed by atoms with Crippen molar-refractivity contribution in [3.63, 3.8) is 0 Å². The van der Waals surface area contributed by atoms with Crippen molar-refractivity contribution in [3.05, 3.63) is 89.9 Å². The van der Waals surface area contributed by atoms with E-state index in [1.807, 2.05) is 12.1 Å². The summed E-state index contributed by atoms with van der Waals surface area (Å²) < 4.78 is 10.9. The Morgan fingerprint density at radius 2 is 1.64 bits per heavy atom. The molecule has 138 valence electrons. The smallest absolute Gasteiger partial charge is 0.255 e. The van der Waals surface area contributed by atoms with Crippen LogP contribution < -0.4 is 10.1 Å². The van der Waals surface area contributed by atoms with Gasteiger partial charge in [-0.15, -0.1) is 0 Å². The van der Waals surface area contributed by atoms with Gasteiger partial charge in [0.1, 0.15) is 11.3 Å². The molecule has 2 aromatic carbocycles. The van der Waals surface area contributed by atoms with Crippen LogP contribution in [0.4, 0.5) is 5.69 Å². The quantitative estimate of drug-likeness (QED) is 0.528. The zero-order valence-electron chi connectivity index (χ0n) is 15.0. The molecule has 2 heterocycles. The molecule has 0 aliphatic rings. The van der Waals surface area contributed by atoms with Gasteiger partial charge in [0.25, 0.3) is 5.91 Å². The Morgan fingerprint density at radius 1 is 0.929 bits per heavy atom. The van der Waals surface area contributed by atoms with Gasteiger partial charge in [-0.2, -0.15) is 0 Å². The highest BCUT2D eigenvalue weighted by Gasteiger charge is 2.23. The monoisotopic (exact) mass is 372 g/mol. The standard InChI is InChI=1S/C22H16N2O4/c1-27-16-8-6-14(7-9-16)20(25)21-19(17-4-2-3-5-18(17)28-21)24-22(26)15-10-12-23-13-11-15/h2-13H,1H3,(H,24,26). The number of nitrogens with zero attached hydrogens (tertiary/aromatic N) is 1. The summed E-state index contributed by atoms with van der Waals surface area (Å²) in [6.45, 7) is 0. The molecule has 6 nitrogen and oxygen atoms in total. The number of ether oxygens (including phenoxy) is 1. The summed E-state index contributed by atoms with van der Waals surface area (Å²) in [7, 11) is 1.56. The molecule has 0 fully saturated rings. The van der Waals surface area contributed by atoms with Crippen LogP contribution in [0, 0.1) is 0 Å². The van der Waals surface area contributed by atoms with Crippen molar-refractivity contribution in [3.8, 4) is 5.75 Å². The number of aromatic nitrogens is 1. The first-order chi connectivity index (χ1) is 13.7. The van der Waals surface area contributed by atoms with E-state index in [0.717, 1.165) is 0 Å². The van der Waals surface area contributed by atoms with Gasteiger partial charge >= 0.3 is 0 Å². The number of furan rings is 1. The Morgan fingerprint density at radius 3 is 2.36 bits per heavy atom. The van der Waals surface area contributed by atoms with E-state index in [1.54, 1.807) is 55.6 Å². The van der Waals surface area contributed by atoms with Gasteiger partial charge in [-0.1, -0.05) is 12.1 Å². The maximum absolute atomic E-state index is 13.1. The second-order valence-corrected chi connectivity index (χ2v) is 6.05. The number of amides is 1. The molecule has 1 amide bonds. The number of nitrogens with one attached hydrogen (secondary N) is 1. The summed E-state index contributed by atoms with van der Waals surface area (Å²) in [5.74, 6) is 0.0442. The summed E-state index contributed by atoms with van der Waals surface area (Å²) in [5, 5.41) is 3.47. The van der Waals surface area contributed by atoms with Gasteiger partial charge in [0.15, 0.2) is 5.76 Å². The van der Waals surface area contributed by atoms with E-state index >= 15 is 0 Å². The van der Waals surface area contributed by atoms with Gasteiger partial charge in [0.2, 0.25) is 5.78 Å². The molecule has 0 unspecified atom stereocenters. The predicted molar refractivity (Wildman–Crippen MR) is 105 cm³/mol. The molecule has 0 saturated carbocycles. The highest BCUT2D eigenvalue weighted by molar-refractivity contribution is 6.18. The third kappa shape index (κ3) is 3.23. The molecule has 1 N–H and O–H groups in total. The molecule has 0 radical (unpaired) electrons. The lowest BCUT2D eigenvalue weighted by Gasteiger charge is -2.06. The van der Waals surface area contributed by atoms with Gasteiger partial charge in [-0.05, 0) is 48.5 Å². The summed E-state index contributed by atoms with van der Waals surface area (Å²) in [6, 6.07) is 17.1. The Bertz CT molecular complexity index is 1150. The van der Waals surface area contributed by atoms with E-state index in [1.165, 1.54) is 12.4 Å². The number of fused-ring (bicyclic) bond motifs is 1. The Hall–Kier alpha value is -3.93. The number of benzene rings is 2. The molecule has 0 atom stereocenters. The number of anilines is 1. The van der Waals surface area contributed by atoms with Crippen LogP contribution in [-0.2, 0) is 0 Å². The average molecular weight is 372 g/mol. The predicted octanol–water partition coefficient (Wildman–Crippen LogP) is 4.32. The number of hydrogen-bond acceptors (Lipinski definition) is 5. The first-order valence-electron chi connectivity index (χ1n) is 8.59. The molecule has 0 aliphatic heterocycles. The maximum atomic E-state index is 13.1. The number of carbonyl (C=O) groups is 2. The fourth-order valence-electron chi connectivity index (χ4n) is 2.89. The number of methoxy groups -OCH3 is 1. The highest BCUT2D eigenvalue weighted by Crippen LogP contribution is 2.33. The third-order valence-electron chi connectivity index (χ3n) is 4.33. The van der Waals surface area contributed by atoms with E-state index in [4.69, 9.17) is 9.15 Å². The van der Waals surface area contributed by atoms with Crippen LogP contribution in [0.2, 0.25) is 0 Å². The van der Waals surface area contributed by atoms with Crippen LogP contribution >= 0.6 is 0 Å². The van der Waals surface area contributed by atoms with E-state index < -0.39 is 0 Å². The SMILES string of the molecule is COc1ccc(C(=O)c2oc3ccccc3c2NC(=O)c2ccncc2)cc1. The van der Waals surface area contributed by atoms with Gasteiger partial charge in [0, 0.05) is 28.9 Å². The van der Waals surface area contributed by atoms with Crippen molar-refractivity contribution in [2.45, 2.75) is 0 Å². The fourth-order valence-corrected chi connectivity index (χ4v) is 2.89. The number of hydrogen-bond donors (Lipinski definition) is 1. The van der Waals surface area contributed by atoms with Crippen LogP contribution in [-0.4, -0.2) is 23.8 Å². The summed E-state index contributed by atoms with van der Waals surface area (Å²) >= 11 is 0. The molecule has 4 aromatic rings. The van der Waals surface area contributed by atoms with E-state index in [9.17, 15) is 9.59 Å². The number of rotatable bonds is 5. The van der Waals surface area contributed by atoms with Gasteiger partial charge in [-0.3, -0.25) is 14.6 Å². The zero-order chi connectivity index (χ0) is 19.5. The van der Waals surface area contributed by atoms with E-state index in [2.05, 4.69) is 10.3 Å². The van der Waals surface area contributed by atoms with Crippen LogP contribution in [0.3, 0.4) is 0 Å². The molecule has 0 bridgehead atoms. The van der Waals surface area contributed by atoms with Crippen molar-refractivity contribution in [1.82, 2.24) is 4.98 Å².